The summed E-state index contributed by atoms with van der Waals surface area (Å²) in [5.74, 6) is -0.528. The Bertz CT molecular complexity index is 909. The van der Waals surface area contributed by atoms with Gasteiger partial charge in [0.15, 0.2) is 0 Å². The lowest BCUT2D eigenvalue weighted by molar-refractivity contribution is 0.0607. The van der Waals surface area contributed by atoms with Gasteiger partial charge >= 0.3 is 5.97 Å². The van der Waals surface area contributed by atoms with Crippen LogP contribution in [0.1, 0.15) is 16.6 Å². The van der Waals surface area contributed by atoms with Gasteiger partial charge in [0.2, 0.25) is 5.88 Å². The van der Waals surface area contributed by atoms with E-state index in [0.717, 1.165) is 10.1 Å². The summed E-state index contributed by atoms with van der Waals surface area (Å²) in [5, 5.41) is 16.8. The van der Waals surface area contributed by atoms with Crippen LogP contribution in [-0.4, -0.2) is 47.8 Å². The SMILES string of the molecule is CN[C@H](C)CNc1c(C(=O)OC)sc2ccc3nc(O)cnc3c12. The molecule has 0 aliphatic carbocycles. The number of aromatic nitrogens is 2. The zero-order valence-corrected chi connectivity index (χ0v) is 14.4. The highest BCUT2D eigenvalue weighted by Gasteiger charge is 2.22. The Morgan fingerprint density at radius 2 is 2.25 bits per heavy atom. The molecule has 2 aromatic heterocycles. The molecular weight excluding hydrogens is 328 g/mol. The Hall–Kier alpha value is -2.45. The van der Waals surface area contributed by atoms with Crippen molar-refractivity contribution in [1.29, 1.82) is 0 Å². The van der Waals surface area contributed by atoms with Crippen LogP contribution in [0.25, 0.3) is 21.1 Å². The molecule has 2 heterocycles. The van der Waals surface area contributed by atoms with E-state index >= 15 is 0 Å². The number of likely N-dealkylation sites (N-methyl/N-ethyl adjacent to an activating group) is 1. The third kappa shape index (κ3) is 2.85. The Labute approximate surface area is 142 Å². The van der Waals surface area contributed by atoms with Crippen molar-refractivity contribution in [2.45, 2.75) is 13.0 Å². The highest BCUT2D eigenvalue weighted by atomic mass is 32.1. The van der Waals surface area contributed by atoms with Crippen LogP contribution in [0.4, 0.5) is 5.69 Å². The van der Waals surface area contributed by atoms with E-state index in [1.165, 1.54) is 24.6 Å². The Balaban J connectivity index is 2.23. The molecule has 0 amide bonds. The van der Waals surface area contributed by atoms with Gasteiger partial charge in [0, 0.05) is 22.7 Å². The molecule has 0 bridgehead atoms. The average molecular weight is 346 g/mol. The number of hydrogen-bond acceptors (Lipinski definition) is 8. The largest absolute Gasteiger partial charge is 0.492 e. The van der Waals surface area contributed by atoms with E-state index in [0.29, 0.717) is 28.1 Å². The van der Waals surface area contributed by atoms with Crippen LogP contribution in [0.15, 0.2) is 18.3 Å². The number of benzene rings is 1. The fraction of sp³-hybridized carbons (Fsp3) is 0.312. The minimum Gasteiger partial charge on any atom is -0.492 e. The van der Waals surface area contributed by atoms with Gasteiger partial charge in [0.25, 0.3) is 0 Å². The predicted octanol–water partition coefficient (Wildman–Crippen LogP) is 2.36. The van der Waals surface area contributed by atoms with E-state index in [1.54, 1.807) is 6.07 Å². The van der Waals surface area contributed by atoms with Gasteiger partial charge in [-0.15, -0.1) is 11.3 Å². The van der Waals surface area contributed by atoms with Crippen molar-refractivity contribution in [3.8, 4) is 5.88 Å². The van der Waals surface area contributed by atoms with Gasteiger partial charge in [-0.25, -0.2) is 14.8 Å². The second-order valence-electron chi connectivity index (χ2n) is 5.40. The standard InChI is InChI=1S/C16H18N4O3S/c1-8(17-2)6-18-14-12-10(24-15(14)16(22)23-3)5-4-9-13(12)19-7-11(21)20-9/h4-5,7-8,17-18H,6H2,1-3H3,(H,20,21)/t8-/m1/s1. The van der Waals surface area contributed by atoms with E-state index in [-0.39, 0.29) is 11.9 Å². The van der Waals surface area contributed by atoms with Crippen molar-refractivity contribution >= 4 is 44.1 Å². The number of esters is 1. The number of nitrogens with zero attached hydrogens (tertiary/aromatic N) is 2. The predicted molar refractivity (Wildman–Crippen MR) is 94.9 cm³/mol. The summed E-state index contributed by atoms with van der Waals surface area (Å²) in [5.41, 5.74) is 1.90. The van der Waals surface area contributed by atoms with Crippen LogP contribution in [0.3, 0.4) is 0 Å². The number of thiophene rings is 1. The molecular formula is C16H18N4O3S. The van der Waals surface area contributed by atoms with Gasteiger partial charge in [0.1, 0.15) is 4.88 Å². The highest BCUT2D eigenvalue weighted by Crippen LogP contribution is 2.39. The molecule has 3 rings (SSSR count). The number of nitrogens with one attached hydrogen (secondary N) is 2. The molecule has 0 fully saturated rings. The topological polar surface area (TPSA) is 96.4 Å². The summed E-state index contributed by atoms with van der Waals surface area (Å²) in [7, 11) is 3.24. The maximum absolute atomic E-state index is 12.2. The Morgan fingerprint density at radius 3 is 2.96 bits per heavy atom. The number of anilines is 1. The minimum atomic E-state index is -0.393. The maximum atomic E-state index is 12.2. The number of ether oxygens (including phenoxy) is 1. The molecule has 0 unspecified atom stereocenters. The number of rotatable bonds is 5. The van der Waals surface area contributed by atoms with Gasteiger partial charge in [-0.05, 0) is 26.1 Å². The molecule has 126 valence electrons. The Kier molecular flexibility index (Phi) is 4.50. The van der Waals surface area contributed by atoms with E-state index in [4.69, 9.17) is 4.74 Å². The van der Waals surface area contributed by atoms with E-state index < -0.39 is 5.97 Å². The molecule has 3 N–H and O–H groups in total. The third-order valence-corrected chi connectivity index (χ3v) is 4.94. The first-order chi connectivity index (χ1) is 11.5. The van der Waals surface area contributed by atoms with Crippen LogP contribution in [-0.2, 0) is 4.74 Å². The lowest BCUT2D eigenvalue weighted by Gasteiger charge is -2.13. The second-order valence-corrected chi connectivity index (χ2v) is 6.46. The lowest BCUT2D eigenvalue weighted by Crippen LogP contribution is -2.29. The van der Waals surface area contributed by atoms with Crippen molar-refractivity contribution in [2.75, 3.05) is 26.0 Å². The fourth-order valence-corrected chi connectivity index (χ4v) is 3.52. The maximum Gasteiger partial charge on any atom is 0.350 e. The monoisotopic (exact) mass is 346 g/mol. The molecule has 0 spiro atoms. The summed E-state index contributed by atoms with van der Waals surface area (Å²) in [6, 6.07) is 3.87. The van der Waals surface area contributed by atoms with Gasteiger partial charge in [-0.2, -0.15) is 0 Å². The van der Waals surface area contributed by atoms with Crippen LogP contribution >= 0.6 is 11.3 Å². The molecule has 24 heavy (non-hydrogen) atoms. The van der Waals surface area contributed by atoms with Gasteiger partial charge in [-0.3, -0.25) is 0 Å². The molecule has 0 radical (unpaired) electrons. The van der Waals surface area contributed by atoms with E-state index in [9.17, 15) is 9.90 Å². The molecule has 0 aliphatic heterocycles. The molecule has 1 aromatic carbocycles. The number of carbonyl (C=O) groups is 1. The molecule has 8 heteroatoms. The summed E-state index contributed by atoms with van der Waals surface area (Å²) in [6.07, 6.45) is 1.30. The van der Waals surface area contributed by atoms with Crippen molar-refractivity contribution in [2.24, 2.45) is 0 Å². The molecule has 0 saturated carbocycles. The molecule has 0 saturated heterocycles. The first kappa shape index (κ1) is 16.4. The summed E-state index contributed by atoms with van der Waals surface area (Å²) in [4.78, 5) is 21.1. The second kappa shape index (κ2) is 6.58. The summed E-state index contributed by atoms with van der Waals surface area (Å²) < 4.78 is 5.82. The van der Waals surface area contributed by atoms with Crippen molar-refractivity contribution in [3.63, 3.8) is 0 Å². The molecule has 1 atom stereocenters. The van der Waals surface area contributed by atoms with Crippen molar-refractivity contribution < 1.29 is 14.6 Å². The smallest absolute Gasteiger partial charge is 0.350 e. The highest BCUT2D eigenvalue weighted by molar-refractivity contribution is 7.21. The minimum absolute atomic E-state index is 0.136. The van der Waals surface area contributed by atoms with E-state index in [2.05, 4.69) is 20.6 Å². The van der Waals surface area contributed by atoms with Crippen molar-refractivity contribution in [1.82, 2.24) is 15.3 Å². The zero-order valence-electron chi connectivity index (χ0n) is 13.6. The summed E-state index contributed by atoms with van der Waals surface area (Å²) in [6.45, 7) is 2.67. The first-order valence-electron chi connectivity index (χ1n) is 7.45. The summed E-state index contributed by atoms with van der Waals surface area (Å²) >= 11 is 1.35. The number of hydrogen-bond donors (Lipinski definition) is 3. The van der Waals surface area contributed by atoms with Gasteiger partial charge in [0.05, 0.1) is 30.0 Å². The number of carbonyl (C=O) groups excluding carboxylic acids is 1. The van der Waals surface area contributed by atoms with Gasteiger partial charge in [-0.1, -0.05) is 0 Å². The van der Waals surface area contributed by atoms with Crippen LogP contribution in [0.2, 0.25) is 0 Å². The number of aromatic hydroxyl groups is 1. The Morgan fingerprint density at radius 1 is 1.46 bits per heavy atom. The third-order valence-electron chi connectivity index (χ3n) is 3.80. The normalized spacial score (nSPS) is 12.5. The van der Waals surface area contributed by atoms with Crippen LogP contribution in [0, 0.1) is 0 Å². The van der Waals surface area contributed by atoms with Gasteiger partial charge < -0.3 is 20.5 Å². The first-order valence-corrected chi connectivity index (χ1v) is 8.27. The molecule has 7 nitrogen and oxygen atoms in total. The van der Waals surface area contributed by atoms with E-state index in [1.807, 2.05) is 20.0 Å². The fourth-order valence-electron chi connectivity index (χ4n) is 2.42. The molecule has 0 aliphatic rings. The number of fused-ring (bicyclic) bond motifs is 3. The quantitative estimate of drug-likeness (QED) is 0.610. The average Bonchev–Trinajstić information content (AvgIpc) is 2.97. The van der Waals surface area contributed by atoms with Crippen LogP contribution < -0.4 is 10.6 Å². The lowest BCUT2D eigenvalue weighted by atomic mass is 10.1. The zero-order chi connectivity index (χ0) is 17.3. The van der Waals surface area contributed by atoms with Crippen LogP contribution in [0.5, 0.6) is 5.88 Å². The van der Waals surface area contributed by atoms with Crippen molar-refractivity contribution in [3.05, 3.63) is 23.2 Å². The number of methoxy groups -OCH3 is 1. The molecule has 3 aromatic rings.